The molecule has 3 aromatic rings. The molecule has 1 aliphatic heterocycles. The van der Waals surface area contributed by atoms with E-state index in [2.05, 4.69) is 4.98 Å². The maximum atomic E-state index is 12.6. The molecule has 0 atom stereocenters. The summed E-state index contributed by atoms with van der Waals surface area (Å²) < 4.78 is 17.5. The van der Waals surface area contributed by atoms with Crippen molar-refractivity contribution in [3.8, 4) is 0 Å². The van der Waals surface area contributed by atoms with Crippen molar-refractivity contribution in [2.24, 2.45) is 0 Å². The third kappa shape index (κ3) is 6.10. The van der Waals surface area contributed by atoms with Gasteiger partial charge in [0, 0.05) is 44.4 Å². The number of pyridine rings is 1. The summed E-state index contributed by atoms with van der Waals surface area (Å²) in [6.07, 6.45) is 4.40. The van der Waals surface area contributed by atoms with Crippen LogP contribution in [0.2, 0.25) is 0 Å². The first-order chi connectivity index (χ1) is 15.1. The zero-order valence-electron chi connectivity index (χ0n) is 19.5. The van der Waals surface area contributed by atoms with Crippen LogP contribution in [0.15, 0.2) is 47.0 Å². The Morgan fingerprint density at radius 3 is 2.65 bits per heavy atom. The average Bonchev–Trinajstić information content (AvgIpc) is 3.06. The minimum Gasteiger partial charge on any atom is -0.794 e. The van der Waals surface area contributed by atoms with Crippen LogP contribution >= 0.6 is 7.75 Å². The molecule has 0 spiro atoms. The Hall–Kier alpha value is -1.26. The number of aromatic nitrogens is 1. The molecule has 0 fully saturated rings. The van der Waals surface area contributed by atoms with E-state index in [4.69, 9.17) is 4.42 Å². The van der Waals surface area contributed by atoms with Gasteiger partial charge in [0.05, 0.1) is 6.54 Å². The van der Waals surface area contributed by atoms with Crippen LogP contribution in [0.3, 0.4) is 0 Å². The minimum absolute atomic E-state index is 0. The first-order valence-electron chi connectivity index (χ1n) is 9.90. The van der Waals surface area contributed by atoms with E-state index in [0.29, 0.717) is 23.4 Å². The number of anilines is 1. The zero-order valence-corrected chi connectivity index (χ0v) is 24.4. The average molecular weight is 499 g/mol. The van der Waals surface area contributed by atoms with Crippen LogP contribution < -0.4 is 73.6 Å². The van der Waals surface area contributed by atoms with Gasteiger partial charge in [-0.15, -0.1) is 0 Å². The fourth-order valence-corrected chi connectivity index (χ4v) is 4.45. The molecule has 9 nitrogen and oxygen atoms in total. The summed E-state index contributed by atoms with van der Waals surface area (Å²) in [5, 5.41) is 1.01. The molecule has 4 rings (SSSR count). The van der Waals surface area contributed by atoms with Crippen LogP contribution in [0.4, 0.5) is 5.82 Å². The monoisotopic (exact) mass is 499 g/mol. The normalized spacial score (nSPS) is 13.4. The van der Waals surface area contributed by atoms with Gasteiger partial charge in [-0.2, -0.15) is 0 Å². The van der Waals surface area contributed by atoms with Crippen molar-refractivity contribution in [1.82, 2.24) is 9.88 Å². The van der Waals surface area contributed by atoms with Crippen LogP contribution in [0.25, 0.3) is 17.0 Å². The molecule has 2 amide bonds. The van der Waals surface area contributed by atoms with E-state index in [1.807, 2.05) is 31.2 Å². The van der Waals surface area contributed by atoms with Gasteiger partial charge in [0.15, 0.2) is 0 Å². The van der Waals surface area contributed by atoms with Crippen LogP contribution in [-0.4, -0.2) is 28.7 Å². The number of aryl methyl sites for hydroxylation is 2. The summed E-state index contributed by atoms with van der Waals surface area (Å²) in [4.78, 5) is 52.8. The summed E-state index contributed by atoms with van der Waals surface area (Å²) in [6.45, 7) is 2.25. The fraction of sp³-hybridized carbons (Fsp3) is 0.227. The van der Waals surface area contributed by atoms with Crippen molar-refractivity contribution in [3.63, 3.8) is 0 Å². The summed E-state index contributed by atoms with van der Waals surface area (Å²) in [6, 6.07) is 9.28. The van der Waals surface area contributed by atoms with Crippen LogP contribution in [0.5, 0.6) is 0 Å². The first kappa shape index (κ1) is 29.0. The molecule has 0 radical (unpaired) electrons. The Bertz CT molecular complexity index is 1300. The number of carbonyl (C=O) groups is 2. The van der Waals surface area contributed by atoms with Gasteiger partial charge >= 0.3 is 59.1 Å². The van der Waals surface area contributed by atoms with Gasteiger partial charge in [-0.1, -0.05) is 18.2 Å². The first-order valence-corrected chi connectivity index (χ1v) is 11.4. The van der Waals surface area contributed by atoms with E-state index in [1.165, 1.54) is 17.2 Å². The van der Waals surface area contributed by atoms with Crippen LogP contribution in [0, 0.1) is 6.92 Å². The largest absolute Gasteiger partial charge is 1.00 e. The third-order valence-electron chi connectivity index (χ3n) is 5.37. The standard InChI is InChI=1S/C22H22N3O6P.2Na/c1-14-17-5-3-4-6-18(17)31-19(14)13-24(2)20(26)9-7-15-11-16-8-10-21(27)25(32(28,29)30)22(16)23-12-15;;/h3-7,9,11-12H,8,10,13H2,1-2H3,(H2,28,29,30);;/q;2*+1/p-2/b9-7+;;. The smallest absolute Gasteiger partial charge is 0.794 e. The molecule has 2 aromatic heterocycles. The van der Waals surface area contributed by atoms with E-state index >= 15 is 0 Å². The Labute approximate surface area is 241 Å². The molecule has 0 aliphatic carbocycles. The summed E-state index contributed by atoms with van der Waals surface area (Å²) >= 11 is 0. The Morgan fingerprint density at radius 1 is 1.26 bits per heavy atom. The SMILES string of the molecule is Cc1c(CN(C)C(=O)/C=C/c2cnc3c(c2)CCC(=O)N3P(=O)([O-])[O-])oc2ccccc12.[Na+].[Na+]. The maximum Gasteiger partial charge on any atom is 1.00 e. The number of furan rings is 1. The van der Waals surface area contributed by atoms with E-state index in [-0.39, 0.29) is 88.4 Å². The topological polar surface area (TPSA) is 130 Å². The van der Waals surface area contributed by atoms with Crippen molar-refractivity contribution in [2.45, 2.75) is 26.3 Å². The van der Waals surface area contributed by atoms with Gasteiger partial charge in [-0.3, -0.25) is 14.3 Å². The Kier molecular flexibility index (Phi) is 9.93. The van der Waals surface area contributed by atoms with Gasteiger partial charge < -0.3 is 23.7 Å². The maximum absolute atomic E-state index is 12.6. The van der Waals surface area contributed by atoms with Crippen molar-refractivity contribution in [3.05, 3.63) is 65.1 Å². The van der Waals surface area contributed by atoms with Gasteiger partial charge in [-0.05, 0) is 42.7 Å². The second-order valence-corrected chi connectivity index (χ2v) is 8.94. The van der Waals surface area contributed by atoms with Gasteiger partial charge in [0.1, 0.15) is 17.2 Å². The number of hydrogen-bond donors (Lipinski definition) is 0. The number of likely N-dealkylation sites (N-methyl/N-ethyl adjacent to an activating group) is 1. The third-order valence-corrected chi connectivity index (χ3v) is 6.27. The molecule has 34 heavy (non-hydrogen) atoms. The quantitative estimate of drug-likeness (QED) is 0.198. The van der Waals surface area contributed by atoms with Crippen LogP contribution in [-0.2, 0) is 27.1 Å². The summed E-state index contributed by atoms with van der Waals surface area (Å²) in [5.74, 6) is -0.520. The van der Waals surface area contributed by atoms with E-state index in [1.54, 1.807) is 19.2 Å². The van der Waals surface area contributed by atoms with Crippen molar-refractivity contribution in [2.75, 3.05) is 11.7 Å². The molecule has 0 saturated carbocycles. The second kappa shape index (κ2) is 11.6. The number of para-hydroxylation sites is 1. The molecular weight excluding hydrogens is 479 g/mol. The van der Waals surface area contributed by atoms with Gasteiger partial charge in [0.25, 0.3) is 0 Å². The van der Waals surface area contributed by atoms with E-state index < -0.39 is 13.7 Å². The number of rotatable bonds is 5. The molecule has 0 saturated heterocycles. The molecule has 1 aliphatic rings. The molecule has 0 N–H and O–H groups in total. The van der Waals surface area contributed by atoms with Crippen molar-refractivity contribution >= 4 is 42.4 Å². The number of amides is 2. The molecule has 1 aromatic carbocycles. The summed E-state index contributed by atoms with van der Waals surface area (Å²) in [7, 11) is -3.64. The molecule has 166 valence electrons. The van der Waals surface area contributed by atoms with Crippen molar-refractivity contribution < 1.29 is 87.5 Å². The second-order valence-electron chi connectivity index (χ2n) is 7.60. The predicted octanol–water partition coefficient (Wildman–Crippen LogP) is -4.08. The zero-order chi connectivity index (χ0) is 23.0. The Balaban J connectivity index is 0.00000204. The predicted molar refractivity (Wildman–Crippen MR) is 114 cm³/mol. The van der Waals surface area contributed by atoms with E-state index in [9.17, 15) is 23.9 Å². The molecule has 12 heteroatoms. The molecule has 3 heterocycles. The summed E-state index contributed by atoms with van der Waals surface area (Å²) in [5.41, 5.74) is 2.75. The number of nitrogens with zero attached hydrogens (tertiary/aromatic N) is 3. The van der Waals surface area contributed by atoms with Gasteiger partial charge in [-0.25, -0.2) is 4.98 Å². The van der Waals surface area contributed by atoms with E-state index in [0.717, 1.165) is 16.5 Å². The molecular formula is C22H20N3Na2O6P. The molecule has 0 bridgehead atoms. The number of carbonyl (C=O) groups excluding carboxylic acids is 2. The minimum atomic E-state index is -5.30. The van der Waals surface area contributed by atoms with Gasteiger partial charge in [0.2, 0.25) is 11.8 Å². The Morgan fingerprint density at radius 2 is 1.97 bits per heavy atom. The molecule has 0 unspecified atom stereocenters. The van der Waals surface area contributed by atoms with Crippen LogP contribution in [0.1, 0.15) is 28.9 Å². The number of fused-ring (bicyclic) bond motifs is 2. The van der Waals surface area contributed by atoms with Crippen molar-refractivity contribution in [1.29, 1.82) is 0 Å². The fourth-order valence-electron chi connectivity index (χ4n) is 3.67. The number of benzene rings is 1. The number of hydrogen-bond acceptors (Lipinski definition) is 7.